The fraction of sp³-hybridized carbons (Fsp3) is 0.176. The number of aliphatic carboxylic acids is 1. The highest BCUT2D eigenvalue weighted by Gasteiger charge is 2.10. The van der Waals surface area contributed by atoms with Gasteiger partial charge in [-0.05, 0) is 42.5 Å². The summed E-state index contributed by atoms with van der Waals surface area (Å²) >= 11 is 1.45. The fourth-order valence-corrected chi connectivity index (χ4v) is 2.72. The summed E-state index contributed by atoms with van der Waals surface area (Å²) in [4.78, 5) is 23.7. The van der Waals surface area contributed by atoms with Crippen LogP contribution in [0.5, 0.6) is 0 Å². The van der Waals surface area contributed by atoms with Crippen LogP contribution in [-0.4, -0.2) is 23.4 Å². The van der Waals surface area contributed by atoms with Crippen molar-refractivity contribution in [2.24, 2.45) is 0 Å². The van der Waals surface area contributed by atoms with Gasteiger partial charge in [-0.1, -0.05) is 24.3 Å². The van der Waals surface area contributed by atoms with E-state index in [1.807, 2.05) is 37.4 Å². The minimum absolute atomic E-state index is 0.0384. The van der Waals surface area contributed by atoms with Gasteiger partial charge in [0.15, 0.2) is 0 Å². The molecule has 0 saturated heterocycles. The number of carboxylic acids is 1. The van der Waals surface area contributed by atoms with E-state index in [1.54, 1.807) is 18.2 Å². The summed E-state index contributed by atoms with van der Waals surface area (Å²) in [5.74, 6) is -0.880. The van der Waals surface area contributed by atoms with Crippen molar-refractivity contribution in [1.82, 2.24) is 0 Å². The summed E-state index contributed by atoms with van der Waals surface area (Å²) in [7, 11) is 0. The average Bonchev–Trinajstić information content (AvgIpc) is 2.50. The molecule has 0 atom stereocenters. The molecular formula is C17H18N2O3S. The molecule has 2 aromatic rings. The van der Waals surface area contributed by atoms with E-state index in [-0.39, 0.29) is 12.5 Å². The molecule has 0 aliphatic carbocycles. The molecule has 0 heterocycles. The Morgan fingerprint density at radius 1 is 1.09 bits per heavy atom. The number of rotatable bonds is 5. The highest BCUT2D eigenvalue weighted by atomic mass is 32.2. The van der Waals surface area contributed by atoms with Crippen molar-refractivity contribution >= 4 is 35.1 Å². The molecule has 0 bridgehead atoms. The molecule has 0 aromatic heterocycles. The summed E-state index contributed by atoms with van der Waals surface area (Å²) in [6, 6.07) is 12.4. The van der Waals surface area contributed by atoms with Crippen molar-refractivity contribution < 1.29 is 14.7 Å². The van der Waals surface area contributed by atoms with E-state index in [0.717, 1.165) is 16.1 Å². The number of carbonyl (C=O) groups excluding carboxylic acids is 1. The first-order chi connectivity index (χ1) is 11.0. The molecule has 0 unspecified atom stereocenters. The zero-order chi connectivity index (χ0) is 16.8. The zero-order valence-electron chi connectivity index (χ0n) is 12.9. The Morgan fingerprint density at radius 2 is 1.78 bits per heavy atom. The Morgan fingerprint density at radius 3 is 2.43 bits per heavy atom. The lowest BCUT2D eigenvalue weighted by atomic mass is 10.1. The topological polar surface area (TPSA) is 78.4 Å². The van der Waals surface area contributed by atoms with Crippen molar-refractivity contribution in [2.45, 2.75) is 18.2 Å². The normalized spacial score (nSPS) is 10.2. The second-order valence-electron chi connectivity index (χ2n) is 5.00. The van der Waals surface area contributed by atoms with E-state index in [0.29, 0.717) is 11.3 Å². The van der Waals surface area contributed by atoms with Gasteiger partial charge in [-0.3, -0.25) is 4.79 Å². The number of amides is 2. The van der Waals surface area contributed by atoms with Crippen LogP contribution < -0.4 is 10.6 Å². The lowest BCUT2D eigenvalue weighted by molar-refractivity contribution is -0.136. The third kappa shape index (κ3) is 4.75. The predicted molar refractivity (Wildman–Crippen MR) is 93.4 cm³/mol. The van der Waals surface area contributed by atoms with E-state index < -0.39 is 5.97 Å². The summed E-state index contributed by atoms with van der Waals surface area (Å²) in [6.45, 7) is 1.92. The van der Waals surface area contributed by atoms with Gasteiger partial charge in [-0.25, -0.2) is 4.79 Å². The first-order valence-corrected chi connectivity index (χ1v) is 8.24. The van der Waals surface area contributed by atoms with Crippen LogP contribution in [0.15, 0.2) is 47.4 Å². The molecule has 120 valence electrons. The number of hydrogen-bond donors (Lipinski definition) is 3. The molecule has 2 aromatic carbocycles. The third-order valence-corrected chi connectivity index (χ3v) is 4.04. The van der Waals surface area contributed by atoms with Crippen molar-refractivity contribution in [2.75, 3.05) is 16.9 Å². The molecule has 2 rings (SSSR count). The minimum atomic E-state index is -0.880. The largest absolute Gasteiger partial charge is 0.481 e. The molecule has 0 aliphatic rings. The van der Waals surface area contributed by atoms with E-state index >= 15 is 0 Å². The molecule has 0 spiro atoms. The predicted octanol–water partition coefficient (Wildman–Crippen LogP) is 3.99. The van der Waals surface area contributed by atoms with Crippen LogP contribution in [-0.2, 0) is 11.2 Å². The standard InChI is InChI=1S/C17H18N2O3S/c1-11-5-3-4-6-13(11)18-17(22)19-14-8-7-12(10-16(20)21)9-15(14)23-2/h3-9H,10H2,1-2H3,(H,20,21)(H2,18,19,22). The molecule has 6 heteroatoms. The fourth-order valence-electron chi connectivity index (χ4n) is 2.11. The molecule has 0 saturated carbocycles. The van der Waals surface area contributed by atoms with Crippen LogP contribution >= 0.6 is 11.8 Å². The van der Waals surface area contributed by atoms with Crippen molar-refractivity contribution in [3.05, 3.63) is 53.6 Å². The number of thioether (sulfide) groups is 1. The van der Waals surface area contributed by atoms with Gasteiger partial charge in [0.1, 0.15) is 0 Å². The molecule has 0 radical (unpaired) electrons. The number of nitrogens with one attached hydrogen (secondary N) is 2. The second-order valence-corrected chi connectivity index (χ2v) is 5.85. The smallest absolute Gasteiger partial charge is 0.323 e. The van der Waals surface area contributed by atoms with Gasteiger partial charge < -0.3 is 15.7 Å². The SMILES string of the molecule is CSc1cc(CC(=O)O)ccc1NC(=O)Nc1ccccc1C. The quantitative estimate of drug-likeness (QED) is 0.724. The van der Waals surface area contributed by atoms with Crippen LogP contribution in [0.25, 0.3) is 0 Å². The summed E-state index contributed by atoms with van der Waals surface area (Å²) < 4.78 is 0. The molecule has 23 heavy (non-hydrogen) atoms. The van der Waals surface area contributed by atoms with Crippen molar-refractivity contribution in [1.29, 1.82) is 0 Å². The van der Waals surface area contributed by atoms with E-state index in [9.17, 15) is 9.59 Å². The summed E-state index contributed by atoms with van der Waals surface area (Å²) in [5.41, 5.74) is 3.08. The van der Waals surface area contributed by atoms with Crippen LogP contribution in [0.1, 0.15) is 11.1 Å². The Labute approximate surface area is 139 Å². The minimum Gasteiger partial charge on any atom is -0.481 e. The summed E-state index contributed by atoms with van der Waals surface area (Å²) in [5, 5.41) is 14.5. The molecule has 2 amide bonds. The highest BCUT2D eigenvalue weighted by Crippen LogP contribution is 2.27. The first-order valence-electron chi connectivity index (χ1n) is 7.02. The number of hydrogen-bond acceptors (Lipinski definition) is 3. The maximum Gasteiger partial charge on any atom is 0.323 e. The number of anilines is 2. The first kappa shape index (κ1) is 16.9. The van der Waals surface area contributed by atoms with Gasteiger partial charge in [0.25, 0.3) is 0 Å². The lowest BCUT2D eigenvalue weighted by Crippen LogP contribution is -2.20. The number of benzene rings is 2. The summed E-state index contributed by atoms with van der Waals surface area (Å²) in [6.07, 6.45) is 1.84. The van der Waals surface area contributed by atoms with Crippen LogP contribution in [0, 0.1) is 6.92 Å². The van der Waals surface area contributed by atoms with Crippen molar-refractivity contribution in [3.63, 3.8) is 0 Å². The lowest BCUT2D eigenvalue weighted by Gasteiger charge is -2.13. The molecule has 3 N–H and O–H groups in total. The Kier molecular flexibility index (Phi) is 5.65. The monoisotopic (exact) mass is 330 g/mol. The maximum atomic E-state index is 12.1. The number of carbonyl (C=O) groups is 2. The number of urea groups is 1. The number of para-hydroxylation sites is 1. The number of aryl methyl sites for hydroxylation is 1. The number of carboxylic acid groups (broad SMARTS) is 1. The van der Waals surface area contributed by atoms with Gasteiger partial charge in [-0.15, -0.1) is 11.8 Å². The van der Waals surface area contributed by atoms with Gasteiger partial charge in [0.05, 0.1) is 12.1 Å². The third-order valence-electron chi connectivity index (χ3n) is 3.26. The average molecular weight is 330 g/mol. The zero-order valence-corrected chi connectivity index (χ0v) is 13.7. The van der Waals surface area contributed by atoms with Gasteiger partial charge in [-0.2, -0.15) is 0 Å². The molecule has 5 nitrogen and oxygen atoms in total. The molecular weight excluding hydrogens is 312 g/mol. The van der Waals surface area contributed by atoms with E-state index in [4.69, 9.17) is 5.11 Å². The van der Waals surface area contributed by atoms with E-state index in [1.165, 1.54) is 11.8 Å². The van der Waals surface area contributed by atoms with Crippen LogP contribution in [0.3, 0.4) is 0 Å². The maximum absolute atomic E-state index is 12.1. The highest BCUT2D eigenvalue weighted by molar-refractivity contribution is 7.98. The van der Waals surface area contributed by atoms with Crippen LogP contribution in [0.2, 0.25) is 0 Å². The second kappa shape index (κ2) is 7.69. The van der Waals surface area contributed by atoms with Gasteiger partial charge in [0, 0.05) is 10.6 Å². The Bertz CT molecular complexity index is 732. The van der Waals surface area contributed by atoms with Gasteiger partial charge in [0.2, 0.25) is 0 Å². The van der Waals surface area contributed by atoms with Gasteiger partial charge >= 0.3 is 12.0 Å². The Balaban J connectivity index is 2.11. The molecule has 0 fully saturated rings. The Hall–Kier alpha value is -2.47. The molecule has 0 aliphatic heterocycles. The van der Waals surface area contributed by atoms with Crippen LogP contribution in [0.4, 0.5) is 16.2 Å². The van der Waals surface area contributed by atoms with Crippen molar-refractivity contribution in [3.8, 4) is 0 Å². The van der Waals surface area contributed by atoms with E-state index in [2.05, 4.69) is 10.6 Å².